The smallest absolute Gasteiger partial charge is 0.227 e. The van der Waals surface area contributed by atoms with Gasteiger partial charge >= 0.3 is 0 Å². The van der Waals surface area contributed by atoms with Crippen LogP contribution < -0.4 is 11.1 Å². The maximum atomic E-state index is 11.8. The van der Waals surface area contributed by atoms with Crippen LogP contribution in [0.2, 0.25) is 0 Å². The number of amides is 1. The van der Waals surface area contributed by atoms with E-state index in [1.807, 2.05) is 32.9 Å². The highest BCUT2D eigenvalue weighted by molar-refractivity contribution is 9.10. The molecule has 1 unspecified atom stereocenters. The molecule has 0 saturated heterocycles. The van der Waals surface area contributed by atoms with E-state index in [2.05, 4.69) is 21.2 Å². The molecule has 16 heavy (non-hydrogen) atoms. The largest absolute Gasteiger partial charge is 0.398 e. The van der Waals surface area contributed by atoms with Crippen molar-refractivity contribution in [2.75, 3.05) is 11.1 Å². The van der Waals surface area contributed by atoms with E-state index in [4.69, 9.17) is 5.73 Å². The van der Waals surface area contributed by atoms with E-state index in [-0.39, 0.29) is 11.8 Å². The number of anilines is 2. The summed E-state index contributed by atoms with van der Waals surface area (Å²) in [5.74, 6) is 0.342. The van der Waals surface area contributed by atoms with E-state index in [0.717, 1.165) is 10.2 Å². The van der Waals surface area contributed by atoms with Crippen molar-refractivity contribution in [3.8, 4) is 0 Å². The molecule has 0 aromatic heterocycles. The van der Waals surface area contributed by atoms with Crippen LogP contribution in [-0.2, 0) is 4.79 Å². The van der Waals surface area contributed by atoms with Crippen LogP contribution in [0, 0.1) is 11.8 Å². The normalized spacial score (nSPS) is 12.6. The van der Waals surface area contributed by atoms with Gasteiger partial charge in [-0.15, -0.1) is 0 Å². The lowest BCUT2D eigenvalue weighted by atomic mass is 9.97. The molecule has 0 aliphatic carbocycles. The predicted octanol–water partition coefficient (Wildman–Crippen LogP) is 3.26. The lowest BCUT2D eigenvalue weighted by molar-refractivity contribution is -0.120. The first kappa shape index (κ1) is 13.0. The fraction of sp³-hybridized carbons (Fsp3) is 0.417. The molecule has 1 rings (SSSR count). The van der Waals surface area contributed by atoms with Crippen molar-refractivity contribution in [2.24, 2.45) is 11.8 Å². The zero-order chi connectivity index (χ0) is 12.3. The molecule has 0 spiro atoms. The summed E-state index contributed by atoms with van der Waals surface area (Å²) in [5.41, 5.74) is 7.09. The molecule has 3 N–H and O–H groups in total. The van der Waals surface area contributed by atoms with Crippen LogP contribution in [0.3, 0.4) is 0 Å². The Balaban J connectivity index is 2.74. The lowest BCUT2D eigenvalue weighted by Gasteiger charge is -2.15. The Morgan fingerprint density at radius 3 is 2.50 bits per heavy atom. The Morgan fingerprint density at radius 1 is 1.38 bits per heavy atom. The Morgan fingerprint density at radius 2 is 2.00 bits per heavy atom. The average molecular weight is 285 g/mol. The topological polar surface area (TPSA) is 55.1 Å². The van der Waals surface area contributed by atoms with Gasteiger partial charge < -0.3 is 11.1 Å². The van der Waals surface area contributed by atoms with Gasteiger partial charge in [0.1, 0.15) is 0 Å². The highest BCUT2D eigenvalue weighted by Gasteiger charge is 2.16. The minimum atomic E-state index is -0.00938. The monoisotopic (exact) mass is 284 g/mol. The average Bonchev–Trinajstić information content (AvgIpc) is 2.22. The number of rotatable bonds is 3. The molecule has 88 valence electrons. The molecule has 0 heterocycles. The van der Waals surface area contributed by atoms with E-state index in [9.17, 15) is 4.79 Å². The van der Waals surface area contributed by atoms with Crippen molar-refractivity contribution >= 4 is 33.2 Å². The van der Waals surface area contributed by atoms with Crippen molar-refractivity contribution in [1.29, 1.82) is 0 Å². The fourth-order valence-corrected chi connectivity index (χ4v) is 1.43. The summed E-state index contributed by atoms with van der Waals surface area (Å²) in [5, 5.41) is 2.85. The third-order valence-electron chi connectivity index (χ3n) is 2.68. The van der Waals surface area contributed by atoms with Crippen molar-refractivity contribution in [1.82, 2.24) is 0 Å². The molecule has 1 atom stereocenters. The first-order valence-electron chi connectivity index (χ1n) is 5.27. The van der Waals surface area contributed by atoms with Crippen molar-refractivity contribution in [3.05, 3.63) is 22.7 Å². The van der Waals surface area contributed by atoms with Crippen LogP contribution in [0.15, 0.2) is 22.7 Å². The lowest BCUT2D eigenvalue weighted by Crippen LogP contribution is -2.24. The first-order valence-corrected chi connectivity index (χ1v) is 6.07. The summed E-state index contributed by atoms with van der Waals surface area (Å²) in [7, 11) is 0. The Kier molecular flexibility index (Phi) is 4.35. The van der Waals surface area contributed by atoms with E-state index in [0.29, 0.717) is 11.6 Å². The number of hydrogen-bond donors (Lipinski definition) is 2. The number of nitrogens with two attached hydrogens (primary N) is 1. The van der Waals surface area contributed by atoms with Crippen LogP contribution in [0.1, 0.15) is 20.8 Å². The van der Waals surface area contributed by atoms with Crippen molar-refractivity contribution in [2.45, 2.75) is 20.8 Å². The molecule has 0 radical (unpaired) electrons. The second kappa shape index (κ2) is 5.34. The number of nitrogen functional groups attached to an aromatic ring is 1. The number of hydrogen-bond acceptors (Lipinski definition) is 2. The summed E-state index contributed by atoms with van der Waals surface area (Å²) in [6.45, 7) is 5.97. The minimum Gasteiger partial charge on any atom is -0.398 e. The molecule has 0 aliphatic heterocycles. The van der Waals surface area contributed by atoms with E-state index >= 15 is 0 Å². The van der Waals surface area contributed by atoms with E-state index < -0.39 is 0 Å². The number of carbonyl (C=O) groups is 1. The molecule has 1 aromatic rings. The summed E-state index contributed by atoms with van der Waals surface area (Å²) >= 11 is 3.31. The highest BCUT2D eigenvalue weighted by atomic mass is 79.9. The second-order valence-corrected chi connectivity index (χ2v) is 5.11. The third kappa shape index (κ3) is 3.23. The van der Waals surface area contributed by atoms with E-state index in [1.54, 1.807) is 6.07 Å². The van der Waals surface area contributed by atoms with Crippen molar-refractivity contribution < 1.29 is 4.79 Å². The first-order chi connectivity index (χ1) is 7.41. The maximum Gasteiger partial charge on any atom is 0.227 e. The number of benzene rings is 1. The summed E-state index contributed by atoms with van der Waals surface area (Å²) in [6, 6.07) is 5.39. The molecule has 0 saturated carbocycles. The zero-order valence-corrected chi connectivity index (χ0v) is 11.3. The van der Waals surface area contributed by atoms with Gasteiger partial charge in [0.2, 0.25) is 5.91 Å². The molecule has 1 aromatic carbocycles. The number of carbonyl (C=O) groups excluding carboxylic acids is 1. The van der Waals surface area contributed by atoms with Gasteiger partial charge in [0.25, 0.3) is 0 Å². The van der Waals surface area contributed by atoms with Crippen LogP contribution in [0.4, 0.5) is 11.4 Å². The quantitative estimate of drug-likeness (QED) is 0.837. The number of nitrogens with one attached hydrogen (secondary N) is 1. The summed E-state index contributed by atoms with van der Waals surface area (Å²) in [4.78, 5) is 11.8. The van der Waals surface area contributed by atoms with Gasteiger partial charge in [-0.2, -0.15) is 0 Å². The summed E-state index contributed by atoms with van der Waals surface area (Å²) in [6.07, 6.45) is 0. The van der Waals surface area contributed by atoms with Crippen LogP contribution in [0.25, 0.3) is 0 Å². The Bertz CT molecular complexity index is 391. The molecule has 4 heteroatoms. The Hall–Kier alpha value is -1.03. The van der Waals surface area contributed by atoms with Gasteiger partial charge in [0.15, 0.2) is 0 Å². The van der Waals surface area contributed by atoms with Gasteiger partial charge in [-0.1, -0.05) is 20.8 Å². The molecule has 1 amide bonds. The van der Waals surface area contributed by atoms with E-state index in [1.165, 1.54) is 0 Å². The molecular weight excluding hydrogens is 268 g/mol. The highest BCUT2D eigenvalue weighted by Crippen LogP contribution is 2.23. The van der Waals surface area contributed by atoms with Crippen molar-refractivity contribution in [3.63, 3.8) is 0 Å². The second-order valence-electron chi connectivity index (χ2n) is 4.26. The van der Waals surface area contributed by atoms with Crippen LogP contribution in [-0.4, -0.2) is 5.91 Å². The van der Waals surface area contributed by atoms with Gasteiger partial charge in [-0.05, 0) is 40.0 Å². The molecule has 0 bridgehead atoms. The summed E-state index contributed by atoms with van der Waals surface area (Å²) < 4.78 is 0.836. The molecule has 0 aliphatic rings. The fourth-order valence-electron chi connectivity index (χ4n) is 1.18. The molecule has 3 nitrogen and oxygen atoms in total. The minimum absolute atomic E-state index is 0.00938. The van der Waals surface area contributed by atoms with Crippen LogP contribution in [0.5, 0.6) is 0 Å². The standard InChI is InChI=1S/C12H17BrN2O/c1-7(2)8(3)12(16)15-9-4-5-10(13)11(14)6-9/h4-8H,14H2,1-3H3,(H,15,16). The molecular formula is C12H17BrN2O. The number of halogens is 1. The van der Waals surface area contributed by atoms with Gasteiger partial charge in [-0.3, -0.25) is 4.79 Å². The molecule has 0 fully saturated rings. The third-order valence-corrected chi connectivity index (χ3v) is 3.40. The Labute approximate surface area is 105 Å². The maximum absolute atomic E-state index is 11.8. The van der Waals surface area contributed by atoms with Crippen LogP contribution >= 0.6 is 15.9 Å². The van der Waals surface area contributed by atoms with Gasteiger partial charge in [0.05, 0.1) is 0 Å². The van der Waals surface area contributed by atoms with Gasteiger partial charge in [-0.25, -0.2) is 0 Å². The van der Waals surface area contributed by atoms with Gasteiger partial charge in [0, 0.05) is 21.8 Å². The SMILES string of the molecule is CC(C)C(C)C(=O)Nc1ccc(Br)c(N)c1. The predicted molar refractivity (Wildman–Crippen MR) is 71.2 cm³/mol. The zero-order valence-electron chi connectivity index (χ0n) is 9.75.